The van der Waals surface area contributed by atoms with Gasteiger partial charge in [0.25, 0.3) is 5.91 Å². The summed E-state index contributed by atoms with van der Waals surface area (Å²) in [6.07, 6.45) is 2.85. The molecule has 0 saturated carbocycles. The van der Waals surface area contributed by atoms with Crippen LogP contribution in [-0.2, 0) is 9.47 Å². The van der Waals surface area contributed by atoms with E-state index in [-0.39, 0.29) is 19.1 Å². The number of hydrogen-bond acceptors (Lipinski definition) is 7. The number of ether oxygens (including phenoxy) is 2. The molecule has 0 bridgehead atoms. The molecule has 3 heterocycles. The fraction of sp³-hybridized carbons (Fsp3) is 0.250. The van der Waals surface area contributed by atoms with Gasteiger partial charge in [-0.15, -0.1) is 0 Å². The molecular weight excluding hydrogens is 422 g/mol. The third-order valence-corrected chi connectivity index (χ3v) is 5.61. The van der Waals surface area contributed by atoms with Gasteiger partial charge in [0.2, 0.25) is 5.95 Å². The predicted molar refractivity (Wildman–Crippen MR) is 121 cm³/mol. The van der Waals surface area contributed by atoms with Crippen molar-refractivity contribution in [2.24, 2.45) is 0 Å². The lowest BCUT2D eigenvalue weighted by Gasteiger charge is -2.29. The number of carbonyl (C=O) groups excluding carboxylic acids is 2. The second-order valence-electron chi connectivity index (χ2n) is 8.03. The number of para-hydroxylation sites is 1. The van der Waals surface area contributed by atoms with E-state index in [0.29, 0.717) is 36.9 Å². The molecule has 2 aliphatic heterocycles. The monoisotopic (exact) mass is 445 g/mol. The third-order valence-electron chi connectivity index (χ3n) is 5.61. The molecule has 9 nitrogen and oxygen atoms in total. The van der Waals surface area contributed by atoms with Gasteiger partial charge in [-0.3, -0.25) is 9.69 Å². The Bertz CT molecular complexity index is 1140. The summed E-state index contributed by atoms with van der Waals surface area (Å²) in [6, 6.07) is 18.2. The van der Waals surface area contributed by atoms with E-state index in [2.05, 4.69) is 15.3 Å². The zero-order valence-corrected chi connectivity index (χ0v) is 17.9. The van der Waals surface area contributed by atoms with Crippen molar-refractivity contribution in [3.8, 4) is 0 Å². The van der Waals surface area contributed by atoms with E-state index in [1.54, 1.807) is 46.5 Å². The molecule has 168 valence electrons. The maximum absolute atomic E-state index is 13.4. The largest absolute Gasteiger partial charge is 0.436 e. The van der Waals surface area contributed by atoms with Gasteiger partial charge in [-0.25, -0.2) is 14.8 Å². The summed E-state index contributed by atoms with van der Waals surface area (Å²) in [7, 11) is 0. The number of carbonyl (C=O) groups is 2. The van der Waals surface area contributed by atoms with Gasteiger partial charge >= 0.3 is 6.09 Å². The Morgan fingerprint density at radius 2 is 1.82 bits per heavy atom. The summed E-state index contributed by atoms with van der Waals surface area (Å²) < 4.78 is 11.6. The molecule has 2 fully saturated rings. The molecule has 33 heavy (non-hydrogen) atoms. The normalized spacial score (nSPS) is 20.4. The van der Waals surface area contributed by atoms with E-state index in [0.717, 1.165) is 5.69 Å². The van der Waals surface area contributed by atoms with Crippen LogP contribution in [0.15, 0.2) is 73.1 Å². The van der Waals surface area contributed by atoms with E-state index in [9.17, 15) is 9.59 Å². The number of benzene rings is 2. The van der Waals surface area contributed by atoms with Crippen molar-refractivity contribution in [2.45, 2.75) is 5.60 Å². The summed E-state index contributed by atoms with van der Waals surface area (Å²) in [6.45, 7) is 1.57. The minimum absolute atomic E-state index is 0.160. The van der Waals surface area contributed by atoms with Crippen molar-refractivity contribution in [3.05, 3.63) is 78.6 Å². The molecule has 2 aliphatic rings. The van der Waals surface area contributed by atoms with E-state index < -0.39 is 11.7 Å². The van der Waals surface area contributed by atoms with Gasteiger partial charge in [-0.2, -0.15) is 0 Å². The summed E-state index contributed by atoms with van der Waals surface area (Å²) in [4.78, 5) is 37.6. The first kappa shape index (κ1) is 20.9. The SMILES string of the molecule is O=C(c1cccc(Nc2ncccn2)c1)N1CCOC[C@@]2(C1)CN(c1ccccc1)C(=O)O2. The van der Waals surface area contributed by atoms with Crippen molar-refractivity contribution in [3.63, 3.8) is 0 Å². The molecule has 2 aromatic carbocycles. The van der Waals surface area contributed by atoms with Gasteiger partial charge < -0.3 is 19.7 Å². The molecule has 9 heteroatoms. The number of aromatic nitrogens is 2. The van der Waals surface area contributed by atoms with Crippen LogP contribution >= 0.6 is 0 Å². The third kappa shape index (κ3) is 4.49. The highest BCUT2D eigenvalue weighted by Crippen LogP contribution is 2.31. The van der Waals surface area contributed by atoms with Crippen LogP contribution < -0.4 is 10.2 Å². The minimum atomic E-state index is -0.924. The van der Waals surface area contributed by atoms with Crippen molar-refractivity contribution < 1.29 is 19.1 Å². The van der Waals surface area contributed by atoms with E-state index >= 15 is 0 Å². The van der Waals surface area contributed by atoms with Gasteiger partial charge in [0.05, 0.1) is 26.3 Å². The fourth-order valence-corrected chi connectivity index (χ4v) is 4.07. The lowest BCUT2D eigenvalue weighted by Crippen LogP contribution is -2.49. The van der Waals surface area contributed by atoms with Crippen molar-refractivity contribution in [1.82, 2.24) is 14.9 Å². The first-order valence-electron chi connectivity index (χ1n) is 10.7. The molecule has 5 rings (SSSR count). The zero-order chi connectivity index (χ0) is 22.7. The topological polar surface area (TPSA) is 96.9 Å². The molecule has 0 radical (unpaired) electrons. The minimum Gasteiger partial charge on any atom is -0.436 e. The Balaban J connectivity index is 1.34. The zero-order valence-electron chi connectivity index (χ0n) is 17.9. The van der Waals surface area contributed by atoms with Gasteiger partial charge in [-0.1, -0.05) is 24.3 Å². The van der Waals surface area contributed by atoms with Gasteiger partial charge in [0.1, 0.15) is 0 Å². The molecule has 2 saturated heterocycles. The van der Waals surface area contributed by atoms with E-state index in [1.165, 1.54) is 0 Å². The number of nitrogens with one attached hydrogen (secondary N) is 1. The van der Waals surface area contributed by atoms with Crippen LogP contribution in [0.4, 0.5) is 22.1 Å². The summed E-state index contributed by atoms with van der Waals surface area (Å²) >= 11 is 0. The molecule has 3 aromatic rings. The standard InChI is InChI=1S/C24H23N5O4/c30-21(18-6-4-7-19(14-18)27-22-25-10-5-11-26-22)28-12-13-32-17-24(15-28)16-29(23(31)33-24)20-8-2-1-3-9-20/h1-11,14H,12-13,15-17H2,(H,25,26,27)/t24-/m1/s1. The lowest BCUT2D eigenvalue weighted by atomic mass is 10.0. The van der Waals surface area contributed by atoms with Crippen LogP contribution in [0.25, 0.3) is 0 Å². The fourth-order valence-electron chi connectivity index (χ4n) is 4.07. The molecule has 0 aliphatic carbocycles. The Morgan fingerprint density at radius 3 is 2.64 bits per heavy atom. The second-order valence-corrected chi connectivity index (χ2v) is 8.03. The quantitative estimate of drug-likeness (QED) is 0.659. The average molecular weight is 445 g/mol. The van der Waals surface area contributed by atoms with Crippen LogP contribution in [0, 0.1) is 0 Å². The Hall–Kier alpha value is -3.98. The molecule has 1 atom stereocenters. The van der Waals surface area contributed by atoms with E-state index in [1.807, 2.05) is 36.4 Å². The van der Waals surface area contributed by atoms with Crippen molar-refractivity contribution >= 4 is 29.3 Å². The van der Waals surface area contributed by atoms with Crippen molar-refractivity contribution in [1.29, 1.82) is 0 Å². The molecule has 1 spiro atoms. The van der Waals surface area contributed by atoms with Crippen LogP contribution in [-0.4, -0.2) is 65.3 Å². The predicted octanol–water partition coefficient (Wildman–Crippen LogP) is 3.09. The summed E-state index contributed by atoms with van der Waals surface area (Å²) in [5.74, 6) is 0.287. The summed E-state index contributed by atoms with van der Waals surface area (Å²) in [5.41, 5.74) is 1.04. The number of rotatable bonds is 4. The number of nitrogens with zero attached hydrogens (tertiary/aromatic N) is 4. The second kappa shape index (κ2) is 8.87. The van der Waals surface area contributed by atoms with Crippen LogP contribution in [0.2, 0.25) is 0 Å². The molecule has 0 unspecified atom stereocenters. The maximum atomic E-state index is 13.4. The lowest BCUT2D eigenvalue weighted by molar-refractivity contribution is -0.0140. The summed E-state index contributed by atoms with van der Waals surface area (Å²) in [5, 5.41) is 3.10. The average Bonchev–Trinajstić information content (AvgIpc) is 3.03. The number of hydrogen-bond donors (Lipinski definition) is 1. The number of anilines is 3. The van der Waals surface area contributed by atoms with E-state index in [4.69, 9.17) is 9.47 Å². The Morgan fingerprint density at radius 1 is 1.00 bits per heavy atom. The first-order chi connectivity index (χ1) is 16.1. The molecule has 1 N–H and O–H groups in total. The number of amides is 2. The maximum Gasteiger partial charge on any atom is 0.415 e. The molecular formula is C24H23N5O4. The first-order valence-corrected chi connectivity index (χ1v) is 10.7. The van der Waals surface area contributed by atoms with Crippen molar-refractivity contribution in [2.75, 3.05) is 43.1 Å². The highest BCUT2D eigenvalue weighted by molar-refractivity contribution is 5.95. The highest BCUT2D eigenvalue weighted by atomic mass is 16.6. The van der Waals surface area contributed by atoms with Gasteiger partial charge in [0.15, 0.2) is 5.60 Å². The highest BCUT2D eigenvalue weighted by Gasteiger charge is 2.49. The van der Waals surface area contributed by atoms with Crippen LogP contribution in [0.5, 0.6) is 0 Å². The Labute approximate surface area is 191 Å². The van der Waals surface area contributed by atoms with Crippen LogP contribution in [0.3, 0.4) is 0 Å². The van der Waals surface area contributed by atoms with Crippen LogP contribution in [0.1, 0.15) is 10.4 Å². The molecule has 2 amide bonds. The van der Waals surface area contributed by atoms with Gasteiger partial charge in [-0.05, 0) is 36.4 Å². The van der Waals surface area contributed by atoms with Gasteiger partial charge in [0, 0.05) is 35.9 Å². The Kier molecular flexibility index (Phi) is 5.62. The molecule has 1 aromatic heterocycles. The smallest absolute Gasteiger partial charge is 0.415 e.